The van der Waals surface area contributed by atoms with Gasteiger partial charge in [-0.2, -0.15) is 0 Å². The van der Waals surface area contributed by atoms with Crippen LogP contribution in [0.1, 0.15) is 245 Å². The van der Waals surface area contributed by atoms with Crippen LogP contribution >= 0.6 is 0 Å². The molecule has 62 heavy (non-hydrogen) atoms. The highest BCUT2D eigenvalue weighted by molar-refractivity contribution is 5.77. The second kappa shape index (κ2) is 49.3. The number of aliphatic hydroxyl groups excluding tert-OH is 2. The highest BCUT2D eigenvalue weighted by Crippen LogP contribution is 2.17. The molecule has 0 heterocycles. The van der Waals surface area contributed by atoms with Gasteiger partial charge in [-0.15, -0.1) is 0 Å². The van der Waals surface area contributed by atoms with E-state index in [0.717, 1.165) is 64.2 Å². The normalized spacial score (nSPS) is 13.8. The van der Waals surface area contributed by atoms with E-state index in [9.17, 15) is 19.8 Å². The summed E-state index contributed by atoms with van der Waals surface area (Å²) in [6, 6.07) is -0.728. The lowest BCUT2D eigenvalue weighted by Gasteiger charge is -2.24. The highest BCUT2D eigenvalue weighted by atomic mass is 16.5. The Labute approximate surface area is 383 Å². The zero-order valence-corrected chi connectivity index (χ0v) is 40.7. The SMILES string of the molecule is CC/C=C/C=C/C=C\C=C/C=C/CCCC(CC(=O)NC(CO)C(O)CCCCCCCCCCCCCCCC)OC(=O)CCCCCCC/C=C/CCCCCCCCC. The van der Waals surface area contributed by atoms with Crippen LogP contribution in [0.25, 0.3) is 0 Å². The third-order valence-electron chi connectivity index (χ3n) is 11.6. The summed E-state index contributed by atoms with van der Waals surface area (Å²) in [5, 5.41) is 23.8. The third-order valence-corrected chi connectivity index (χ3v) is 11.6. The van der Waals surface area contributed by atoms with E-state index in [-0.39, 0.29) is 24.9 Å². The summed E-state index contributed by atoms with van der Waals surface area (Å²) in [5.74, 6) is -0.556. The minimum absolute atomic E-state index is 0.0235. The highest BCUT2D eigenvalue weighted by Gasteiger charge is 2.24. The van der Waals surface area contributed by atoms with Crippen LogP contribution in [0.15, 0.2) is 72.9 Å². The van der Waals surface area contributed by atoms with Crippen LogP contribution < -0.4 is 5.32 Å². The summed E-state index contributed by atoms with van der Waals surface area (Å²) in [4.78, 5) is 26.1. The molecule has 0 aliphatic carbocycles. The molecule has 6 heteroatoms. The number of hydrogen-bond donors (Lipinski definition) is 3. The molecule has 0 fully saturated rings. The van der Waals surface area contributed by atoms with Gasteiger partial charge in [0, 0.05) is 6.42 Å². The van der Waals surface area contributed by atoms with Crippen molar-refractivity contribution in [2.45, 2.75) is 264 Å². The fourth-order valence-electron chi connectivity index (χ4n) is 7.69. The Morgan fingerprint density at radius 1 is 0.484 bits per heavy atom. The molecule has 0 aromatic rings. The number of unbranched alkanes of at least 4 members (excludes halogenated alkanes) is 26. The number of hydrogen-bond acceptors (Lipinski definition) is 5. The monoisotopic (exact) mass is 866 g/mol. The zero-order chi connectivity index (χ0) is 45.2. The second-order valence-electron chi connectivity index (χ2n) is 17.7. The Bertz CT molecular complexity index is 1150. The fourth-order valence-corrected chi connectivity index (χ4v) is 7.69. The average Bonchev–Trinajstić information content (AvgIpc) is 3.26. The number of carbonyl (C=O) groups is 2. The van der Waals surface area contributed by atoms with Crippen molar-refractivity contribution in [3.63, 3.8) is 0 Å². The van der Waals surface area contributed by atoms with Crippen molar-refractivity contribution in [2.75, 3.05) is 6.61 Å². The summed E-state index contributed by atoms with van der Waals surface area (Å²) in [6.07, 6.45) is 62.5. The van der Waals surface area contributed by atoms with E-state index in [4.69, 9.17) is 4.74 Å². The first kappa shape index (κ1) is 59.3. The molecule has 0 radical (unpaired) electrons. The van der Waals surface area contributed by atoms with Crippen molar-refractivity contribution in [3.8, 4) is 0 Å². The van der Waals surface area contributed by atoms with E-state index < -0.39 is 18.2 Å². The number of carbonyl (C=O) groups excluding carboxylic acids is 2. The summed E-state index contributed by atoms with van der Waals surface area (Å²) in [7, 11) is 0. The Hall–Kier alpha value is -2.70. The molecule has 0 aliphatic heterocycles. The lowest BCUT2D eigenvalue weighted by molar-refractivity contribution is -0.151. The van der Waals surface area contributed by atoms with Gasteiger partial charge in [-0.05, 0) is 64.2 Å². The summed E-state index contributed by atoms with van der Waals surface area (Å²) in [6.45, 7) is 6.32. The maximum atomic E-state index is 13.2. The van der Waals surface area contributed by atoms with Crippen LogP contribution in [-0.2, 0) is 14.3 Å². The average molecular weight is 866 g/mol. The minimum atomic E-state index is -0.810. The number of esters is 1. The van der Waals surface area contributed by atoms with E-state index in [1.54, 1.807) is 0 Å². The van der Waals surface area contributed by atoms with Gasteiger partial charge in [0.15, 0.2) is 0 Å². The van der Waals surface area contributed by atoms with Crippen molar-refractivity contribution < 1.29 is 24.5 Å². The molecule has 3 unspecified atom stereocenters. The van der Waals surface area contributed by atoms with Gasteiger partial charge in [-0.1, -0.05) is 241 Å². The van der Waals surface area contributed by atoms with E-state index in [2.05, 4.69) is 50.4 Å². The van der Waals surface area contributed by atoms with Gasteiger partial charge in [-0.3, -0.25) is 9.59 Å². The molecule has 0 bridgehead atoms. The molecule has 0 rings (SSSR count). The maximum Gasteiger partial charge on any atom is 0.306 e. The molecule has 3 atom stereocenters. The third kappa shape index (κ3) is 43.9. The Morgan fingerprint density at radius 3 is 1.39 bits per heavy atom. The standard InChI is InChI=1S/C56H99NO5/c1-4-7-10-13-16-19-22-25-27-28-31-34-37-40-43-46-49-56(61)62-52(47-44-41-38-35-32-29-24-21-18-15-12-9-6-3)50-55(60)57-53(51-58)54(59)48-45-42-39-36-33-30-26-23-20-17-14-11-8-5-2/h9,12,15,18,21,24,27-29,32,35,38,52-54,58-59H,4-8,10-11,13-14,16-17,19-20,22-23,25-26,30-31,33-34,36-37,39-51H2,1-3H3,(H,57,60)/b12-9+,18-15+,24-21-,28-27+,32-29-,38-35+. The summed E-state index contributed by atoms with van der Waals surface area (Å²) >= 11 is 0. The Balaban J connectivity index is 4.66. The molecule has 6 nitrogen and oxygen atoms in total. The number of rotatable bonds is 46. The molecule has 3 N–H and O–H groups in total. The van der Waals surface area contributed by atoms with Gasteiger partial charge < -0.3 is 20.3 Å². The van der Waals surface area contributed by atoms with E-state index in [1.807, 2.05) is 48.6 Å². The van der Waals surface area contributed by atoms with Crippen molar-refractivity contribution in [3.05, 3.63) is 72.9 Å². The predicted molar refractivity (Wildman–Crippen MR) is 268 cm³/mol. The van der Waals surface area contributed by atoms with Gasteiger partial charge in [-0.25, -0.2) is 0 Å². The number of allylic oxidation sites excluding steroid dienone is 12. The lowest BCUT2D eigenvalue weighted by Crippen LogP contribution is -2.46. The van der Waals surface area contributed by atoms with Crippen LogP contribution in [0.5, 0.6) is 0 Å². The lowest BCUT2D eigenvalue weighted by atomic mass is 10.0. The molecule has 0 aromatic carbocycles. The van der Waals surface area contributed by atoms with Gasteiger partial charge in [0.2, 0.25) is 5.91 Å². The van der Waals surface area contributed by atoms with Crippen molar-refractivity contribution in [1.29, 1.82) is 0 Å². The van der Waals surface area contributed by atoms with Gasteiger partial charge in [0.05, 0.1) is 25.2 Å². The molecule has 358 valence electrons. The topological polar surface area (TPSA) is 95.9 Å². The van der Waals surface area contributed by atoms with E-state index in [0.29, 0.717) is 19.3 Å². The van der Waals surface area contributed by atoms with Gasteiger partial charge in [0.1, 0.15) is 6.10 Å². The Kier molecular flexibility index (Phi) is 47.2. The largest absolute Gasteiger partial charge is 0.462 e. The predicted octanol–water partition coefficient (Wildman–Crippen LogP) is 15.8. The molecule has 0 saturated heterocycles. The van der Waals surface area contributed by atoms with Crippen molar-refractivity contribution in [2.24, 2.45) is 0 Å². The van der Waals surface area contributed by atoms with Crippen LogP contribution in [0, 0.1) is 0 Å². The van der Waals surface area contributed by atoms with Crippen molar-refractivity contribution >= 4 is 11.9 Å². The van der Waals surface area contributed by atoms with Gasteiger partial charge in [0.25, 0.3) is 0 Å². The maximum absolute atomic E-state index is 13.2. The molecule has 0 saturated carbocycles. The zero-order valence-electron chi connectivity index (χ0n) is 40.7. The fraction of sp³-hybridized carbons (Fsp3) is 0.750. The van der Waals surface area contributed by atoms with Crippen LogP contribution in [0.4, 0.5) is 0 Å². The molecular formula is C56H99NO5. The summed E-state index contributed by atoms with van der Waals surface area (Å²) < 4.78 is 5.89. The van der Waals surface area contributed by atoms with Crippen LogP contribution in [-0.4, -0.2) is 46.9 Å². The molecular weight excluding hydrogens is 767 g/mol. The molecule has 1 amide bonds. The second-order valence-corrected chi connectivity index (χ2v) is 17.7. The number of nitrogens with one attached hydrogen (secondary N) is 1. The summed E-state index contributed by atoms with van der Waals surface area (Å²) in [5.41, 5.74) is 0. The number of aliphatic hydroxyl groups is 2. The van der Waals surface area contributed by atoms with Crippen molar-refractivity contribution in [1.82, 2.24) is 5.32 Å². The minimum Gasteiger partial charge on any atom is -0.462 e. The Morgan fingerprint density at radius 2 is 0.903 bits per heavy atom. The number of ether oxygens (including phenoxy) is 1. The van der Waals surface area contributed by atoms with Crippen LogP contribution in [0.3, 0.4) is 0 Å². The quantitative estimate of drug-likeness (QED) is 0.0245. The molecule has 0 aliphatic rings. The first-order valence-corrected chi connectivity index (χ1v) is 26.2. The smallest absolute Gasteiger partial charge is 0.306 e. The van der Waals surface area contributed by atoms with Crippen LogP contribution in [0.2, 0.25) is 0 Å². The molecule has 0 aromatic heterocycles. The number of amides is 1. The van der Waals surface area contributed by atoms with E-state index >= 15 is 0 Å². The van der Waals surface area contributed by atoms with Gasteiger partial charge >= 0.3 is 5.97 Å². The first-order valence-electron chi connectivity index (χ1n) is 26.2. The van der Waals surface area contributed by atoms with E-state index in [1.165, 1.54) is 135 Å². The molecule has 0 spiro atoms. The first-order chi connectivity index (χ1) is 30.5.